The molecule has 29 heavy (non-hydrogen) atoms. The van der Waals surface area contributed by atoms with Crippen LogP contribution in [0, 0.1) is 11.3 Å². The average Bonchev–Trinajstić information content (AvgIpc) is 3.38. The lowest BCUT2D eigenvalue weighted by molar-refractivity contribution is -0.132. The third-order valence-electron chi connectivity index (χ3n) is 5.45. The van der Waals surface area contributed by atoms with Gasteiger partial charge >= 0.3 is 0 Å². The summed E-state index contributed by atoms with van der Waals surface area (Å²) in [5.74, 6) is 0.154. The number of hydrogen-bond acceptors (Lipinski definition) is 6. The van der Waals surface area contributed by atoms with Crippen LogP contribution in [0.15, 0.2) is 35.7 Å². The number of anilines is 1. The Labute approximate surface area is 174 Å². The van der Waals surface area contributed by atoms with Gasteiger partial charge in [-0.3, -0.25) is 19.4 Å². The van der Waals surface area contributed by atoms with Crippen molar-refractivity contribution in [2.75, 3.05) is 37.6 Å². The first-order valence-electron chi connectivity index (χ1n) is 9.87. The summed E-state index contributed by atoms with van der Waals surface area (Å²) in [7, 11) is 0. The number of benzene rings is 1. The van der Waals surface area contributed by atoms with Crippen molar-refractivity contribution in [1.82, 2.24) is 14.8 Å². The first-order chi connectivity index (χ1) is 14.2. The van der Waals surface area contributed by atoms with Gasteiger partial charge in [-0.25, -0.2) is 4.98 Å². The summed E-state index contributed by atoms with van der Waals surface area (Å²) in [5, 5.41) is 12.2. The largest absolute Gasteiger partial charge is 0.340 e. The zero-order valence-electron chi connectivity index (χ0n) is 16.2. The van der Waals surface area contributed by atoms with Crippen LogP contribution >= 0.6 is 11.3 Å². The van der Waals surface area contributed by atoms with Crippen molar-refractivity contribution < 1.29 is 9.59 Å². The normalized spacial score (nSPS) is 18.7. The maximum absolute atomic E-state index is 12.7. The smallest absolute Gasteiger partial charge is 0.228 e. The van der Waals surface area contributed by atoms with E-state index >= 15 is 0 Å². The second-order valence-electron chi connectivity index (χ2n) is 7.31. The minimum absolute atomic E-state index is 0.0440. The Kier molecular flexibility index (Phi) is 5.88. The molecule has 1 atom stereocenters. The first kappa shape index (κ1) is 19.6. The van der Waals surface area contributed by atoms with E-state index in [0.717, 1.165) is 17.7 Å². The van der Waals surface area contributed by atoms with Gasteiger partial charge < -0.3 is 4.90 Å². The van der Waals surface area contributed by atoms with Crippen LogP contribution in [-0.4, -0.2) is 59.3 Å². The monoisotopic (exact) mass is 409 g/mol. The second-order valence-corrected chi connectivity index (χ2v) is 8.14. The lowest BCUT2D eigenvalue weighted by atomic mass is 10.1. The van der Waals surface area contributed by atoms with E-state index in [9.17, 15) is 14.9 Å². The summed E-state index contributed by atoms with van der Waals surface area (Å²) in [6.07, 6.45) is 1.69. The Balaban J connectivity index is 1.32. The first-order valence-corrected chi connectivity index (χ1v) is 10.7. The molecule has 0 bridgehead atoms. The molecule has 2 fully saturated rings. The third-order valence-corrected chi connectivity index (χ3v) is 6.36. The zero-order chi connectivity index (χ0) is 20.2. The van der Waals surface area contributed by atoms with Gasteiger partial charge in [-0.05, 0) is 12.0 Å². The number of amides is 2. The zero-order valence-corrected chi connectivity index (χ0v) is 17.0. The highest BCUT2D eigenvalue weighted by atomic mass is 32.1. The number of rotatable bonds is 5. The highest BCUT2D eigenvalue weighted by Crippen LogP contribution is 2.26. The molecular weight excluding hydrogens is 386 g/mol. The fourth-order valence-corrected chi connectivity index (χ4v) is 4.72. The topological polar surface area (TPSA) is 80.5 Å². The van der Waals surface area contributed by atoms with Crippen LogP contribution in [0.5, 0.6) is 0 Å². The Hall–Kier alpha value is -2.76. The average molecular weight is 410 g/mol. The molecule has 1 aromatic carbocycles. The van der Waals surface area contributed by atoms with Gasteiger partial charge in [-0.2, -0.15) is 5.26 Å². The molecule has 150 valence electrons. The summed E-state index contributed by atoms with van der Waals surface area (Å²) < 4.78 is 0. The molecule has 2 aliphatic heterocycles. The molecule has 0 radical (unpaired) electrons. The third kappa shape index (κ3) is 4.31. The van der Waals surface area contributed by atoms with Crippen LogP contribution in [0.1, 0.15) is 30.1 Å². The van der Waals surface area contributed by atoms with Gasteiger partial charge in [0, 0.05) is 44.5 Å². The van der Waals surface area contributed by atoms with Crippen molar-refractivity contribution in [1.29, 1.82) is 5.26 Å². The molecule has 0 aliphatic carbocycles. The van der Waals surface area contributed by atoms with Gasteiger partial charge in [0.15, 0.2) is 5.13 Å². The van der Waals surface area contributed by atoms with E-state index in [1.54, 1.807) is 4.90 Å². The van der Waals surface area contributed by atoms with Gasteiger partial charge in [-0.15, -0.1) is 11.3 Å². The number of piperazine rings is 1. The molecule has 8 heteroatoms. The van der Waals surface area contributed by atoms with Crippen LogP contribution < -0.4 is 4.90 Å². The molecule has 0 spiro atoms. The molecule has 2 aliphatic rings. The molecule has 1 aromatic heterocycles. The highest BCUT2D eigenvalue weighted by molar-refractivity contribution is 7.14. The predicted octanol–water partition coefficient (Wildman–Crippen LogP) is 2.22. The van der Waals surface area contributed by atoms with Crippen LogP contribution in [0.3, 0.4) is 0 Å². The number of carbonyl (C=O) groups is 2. The lowest BCUT2D eigenvalue weighted by Gasteiger charge is -2.37. The molecule has 7 nitrogen and oxygen atoms in total. The molecule has 0 saturated carbocycles. The van der Waals surface area contributed by atoms with Gasteiger partial charge in [0.1, 0.15) is 6.04 Å². The van der Waals surface area contributed by atoms with Crippen molar-refractivity contribution >= 4 is 28.3 Å². The number of hydrogen-bond donors (Lipinski definition) is 0. The Morgan fingerprint density at radius 3 is 2.59 bits per heavy atom. The molecule has 0 N–H and O–H groups in total. The summed E-state index contributed by atoms with van der Waals surface area (Å²) >= 11 is 1.42. The number of nitrogens with zero attached hydrogens (tertiary/aromatic N) is 5. The van der Waals surface area contributed by atoms with Gasteiger partial charge in [-0.1, -0.05) is 30.3 Å². The summed E-state index contributed by atoms with van der Waals surface area (Å²) in [6, 6.07) is 11.9. The SMILES string of the molecule is N#CC(c1ccccc1)N1CCN(C(=O)Cc2csc(N3CCCC3=O)n2)CC1. The van der Waals surface area contributed by atoms with Crippen LogP contribution in [0.4, 0.5) is 5.13 Å². The van der Waals surface area contributed by atoms with E-state index in [2.05, 4.69) is 16.0 Å². The van der Waals surface area contributed by atoms with E-state index in [0.29, 0.717) is 44.3 Å². The Morgan fingerprint density at radius 2 is 1.93 bits per heavy atom. The summed E-state index contributed by atoms with van der Waals surface area (Å²) in [4.78, 5) is 34.7. The quantitative estimate of drug-likeness (QED) is 0.756. The van der Waals surface area contributed by atoms with Crippen molar-refractivity contribution in [3.8, 4) is 6.07 Å². The van der Waals surface area contributed by atoms with Gasteiger partial charge in [0.2, 0.25) is 11.8 Å². The minimum Gasteiger partial charge on any atom is -0.340 e. The van der Waals surface area contributed by atoms with Crippen LogP contribution in [-0.2, 0) is 16.0 Å². The molecule has 2 saturated heterocycles. The summed E-state index contributed by atoms with van der Waals surface area (Å²) in [5.41, 5.74) is 1.71. The Morgan fingerprint density at radius 1 is 1.17 bits per heavy atom. The molecular formula is C21H23N5O2S. The predicted molar refractivity (Wildman–Crippen MR) is 110 cm³/mol. The number of thiazole rings is 1. The number of carbonyl (C=O) groups excluding carboxylic acids is 2. The number of nitriles is 1. The standard InChI is InChI=1S/C21H23N5O2S/c22-14-18(16-5-2-1-3-6-16)24-9-11-25(12-10-24)20(28)13-17-15-29-21(23-17)26-8-4-7-19(26)27/h1-3,5-6,15,18H,4,7-13H2. The maximum atomic E-state index is 12.7. The fourth-order valence-electron chi connectivity index (χ4n) is 3.85. The number of aromatic nitrogens is 1. The van der Waals surface area contributed by atoms with E-state index < -0.39 is 0 Å². The van der Waals surface area contributed by atoms with Gasteiger partial charge in [0.25, 0.3) is 0 Å². The fraction of sp³-hybridized carbons (Fsp3) is 0.429. The van der Waals surface area contributed by atoms with Crippen molar-refractivity contribution in [2.45, 2.75) is 25.3 Å². The minimum atomic E-state index is -0.285. The summed E-state index contributed by atoms with van der Waals surface area (Å²) in [6.45, 7) is 3.26. The van der Waals surface area contributed by atoms with E-state index in [1.165, 1.54) is 11.3 Å². The van der Waals surface area contributed by atoms with E-state index in [-0.39, 0.29) is 24.3 Å². The van der Waals surface area contributed by atoms with Crippen molar-refractivity contribution in [2.24, 2.45) is 0 Å². The van der Waals surface area contributed by atoms with Crippen molar-refractivity contribution in [3.63, 3.8) is 0 Å². The maximum Gasteiger partial charge on any atom is 0.228 e. The molecule has 2 amide bonds. The molecule has 3 heterocycles. The van der Waals surface area contributed by atoms with Crippen LogP contribution in [0.25, 0.3) is 0 Å². The Bertz CT molecular complexity index is 915. The molecule has 4 rings (SSSR count). The second kappa shape index (κ2) is 8.72. The van der Waals surface area contributed by atoms with E-state index in [1.807, 2.05) is 40.6 Å². The van der Waals surface area contributed by atoms with E-state index in [4.69, 9.17) is 0 Å². The van der Waals surface area contributed by atoms with Crippen LogP contribution in [0.2, 0.25) is 0 Å². The van der Waals surface area contributed by atoms with Gasteiger partial charge in [0.05, 0.1) is 18.2 Å². The highest BCUT2D eigenvalue weighted by Gasteiger charge is 2.28. The molecule has 1 unspecified atom stereocenters. The lowest BCUT2D eigenvalue weighted by Crippen LogP contribution is -2.49. The van der Waals surface area contributed by atoms with Crippen molar-refractivity contribution in [3.05, 3.63) is 47.0 Å². The molecule has 2 aromatic rings.